The quantitative estimate of drug-likeness (QED) is 0.701. The number of hydrogen-bond donors (Lipinski definition) is 3. The summed E-state index contributed by atoms with van der Waals surface area (Å²) in [5.74, 6) is 0.0766. The zero-order chi connectivity index (χ0) is 17.5. The highest BCUT2D eigenvalue weighted by Gasteiger charge is 2.17. The fourth-order valence-electron chi connectivity index (χ4n) is 2.55. The van der Waals surface area contributed by atoms with E-state index >= 15 is 0 Å². The van der Waals surface area contributed by atoms with E-state index in [4.69, 9.17) is 4.74 Å². The van der Waals surface area contributed by atoms with Crippen molar-refractivity contribution < 1.29 is 14.3 Å². The van der Waals surface area contributed by atoms with Gasteiger partial charge < -0.3 is 20.7 Å². The zero-order valence-corrected chi connectivity index (χ0v) is 16.1. The molecule has 2 amide bonds. The van der Waals surface area contributed by atoms with Crippen LogP contribution in [0.4, 0.5) is 11.5 Å². The Morgan fingerprint density at radius 1 is 1.15 bits per heavy atom. The van der Waals surface area contributed by atoms with Crippen LogP contribution in [0.3, 0.4) is 0 Å². The van der Waals surface area contributed by atoms with Crippen LogP contribution in [-0.2, 0) is 9.53 Å². The number of morpholine rings is 1. The Kier molecular flexibility index (Phi) is 9.74. The fourth-order valence-corrected chi connectivity index (χ4v) is 2.55. The molecule has 1 saturated heterocycles. The van der Waals surface area contributed by atoms with Crippen molar-refractivity contribution in [3.8, 4) is 0 Å². The normalized spacial score (nSPS) is 15.6. The molecule has 2 aromatic rings. The molecule has 1 atom stereocenters. The van der Waals surface area contributed by atoms with Gasteiger partial charge in [0, 0.05) is 36.5 Å². The molecule has 146 valence electrons. The van der Waals surface area contributed by atoms with Crippen molar-refractivity contribution in [1.29, 1.82) is 0 Å². The summed E-state index contributed by atoms with van der Waals surface area (Å²) in [6.45, 7) is 1.95. The first kappa shape index (κ1) is 22.9. The molecule has 27 heavy (non-hydrogen) atoms. The number of carbonyl (C=O) groups excluding carboxylic acids is 2. The number of anilines is 2. The van der Waals surface area contributed by atoms with E-state index in [1.165, 1.54) is 0 Å². The number of hydrogen-bond acceptors (Lipinski definition) is 5. The largest absolute Gasteiger partial charge is 0.378 e. The maximum absolute atomic E-state index is 12.3. The first-order chi connectivity index (χ1) is 12.2. The predicted octanol–water partition coefficient (Wildman–Crippen LogP) is 2.49. The second-order valence-electron chi connectivity index (χ2n) is 5.73. The summed E-state index contributed by atoms with van der Waals surface area (Å²) in [7, 11) is 0. The minimum absolute atomic E-state index is 0. The molecule has 1 aliphatic heterocycles. The monoisotopic (exact) mass is 412 g/mol. The molecule has 0 saturated carbocycles. The molecule has 3 rings (SSSR count). The van der Waals surface area contributed by atoms with E-state index in [1.54, 1.807) is 48.7 Å². The van der Waals surface area contributed by atoms with Gasteiger partial charge in [-0.25, -0.2) is 4.98 Å². The Morgan fingerprint density at radius 2 is 2.00 bits per heavy atom. The highest BCUT2D eigenvalue weighted by atomic mass is 35.5. The second kappa shape index (κ2) is 11.5. The Labute approximate surface area is 170 Å². The van der Waals surface area contributed by atoms with Gasteiger partial charge in [0.2, 0.25) is 5.91 Å². The summed E-state index contributed by atoms with van der Waals surface area (Å²) >= 11 is 0. The minimum atomic E-state index is -0.280. The van der Waals surface area contributed by atoms with E-state index in [2.05, 4.69) is 20.9 Å². The number of halogens is 2. The van der Waals surface area contributed by atoms with Crippen molar-refractivity contribution in [2.75, 3.05) is 30.4 Å². The van der Waals surface area contributed by atoms with Crippen LogP contribution in [0.5, 0.6) is 0 Å². The van der Waals surface area contributed by atoms with E-state index in [1.807, 2.05) is 0 Å². The maximum Gasteiger partial charge on any atom is 0.256 e. The van der Waals surface area contributed by atoms with Crippen LogP contribution >= 0.6 is 24.8 Å². The Balaban J connectivity index is 0.00000182. The third kappa shape index (κ3) is 7.15. The average Bonchev–Trinajstić information content (AvgIpc) is 2.63. The van der Waals surface area contributed by atoms with E-state index in [0.717, 1.165) is 6.54 Å². The molecule has 1 fully saturated rings. The molecule has 0 bridgehead atoms. The summed E-state index contributed by atoms with van der Waals surface area (Å²) in [6.07, 6.45) is 1.93. The van der Waals surface area contributed by atoms with Crippen LogP contribution in [0.2, 0.25) is 0 Å². The van der Waals surface area contributed by atoms with Gasteiger partial charge in [0.1, 0.15) is 5.82 Å². The predicted molar refractivity (Wildman–Crippen MR) is 109 cm³/mol. The van der Waals surface area contributed by atoms with Gasteiger partial charge in [0.25, 0.3) is 5.91 Å². The minimum Gasteiger partial charge on any atom is -0.378 e. The molecule has 0 aliphatic carbocycles. The molecule has 0 spiro atoms. The van der Waals surface area contributed by atoms with Crippen molar-refractivity contribution in [3.63, 3.8) is 0 Å². The van der Waals surface area contributed by atoms with Gasteiger partial charge in [-0.05, 0) is 30.3 Å². The first-order valence-electron chi connectivity index (χ1n) is 8.14. The molecule has 1 unspecified atom stereocenters. The van der Waals surface area contributed by atoms with Crippen LogP contribution in [0.1, 0.15) is 16.8 Å². The van der Waals surface area contributed by atoms with Crippen molar-refractivity contribution in [1.82, 2.24) is 10.3 Å². The zero-order valence-electron chi connectivity index (χ0n) is 14.5. The van der Waals surface area contributed by atoms with Gasteiger partial charge in [0.05, 0.1) is 13.2 Å². The summed E-state index contributed by atoms with van der Waals surface area (Å²) in [4.78, 5) is 28.5. The number of rotatable bonds is 5. The smallest absolute Gasteiger partial charge is 0.256 e. The van der Waals surface area contributed by atoms with Crippen LogP contribution in [-0.4, -0.2) is 42.6 Å². The molecular formula is C18H22Cl2N4O3. The lowest BCUT2D eigenvalue weighted by Gasteiger charge is -2.23. The molecular weight excluding hydrogens is 391 g/mol. The van der Waals surface area contributed by atoms with Crippen LogP contribution in [0.25, 0.3) is 0 Å². The molecule has 2 heterocycles. The van der Waals surface area contributed by atoms with E-state index in [-0.39, 0.29) is 42.7 Å². The maximum atomic E-state index is 12.3. The molecule has 0 radical (unpaired) electrons. The first-order valence-corrected chi connectivity index (χ1v) is 8.14. The number of pyridine rings is 1. The third-order valence-electron chi connectivity index (χ3n) is 3.75. The lowest BCUT2D eigenvalue weighted by Crippen LogP contribution is -2.43. The molecule has 7 nitrogen and oxygen atoms in total. The number of amides is 2. The van der Waals surface area contributed by atoms with Crippen molar-refractivity contribution in [3.05, 3.63) is 54.2 Å². The summed E-state index contributed by atoms with van der Waals surface area (Å²) in [5, 5.41) is 8.77. The van der Waals surface area contributed by atoms with Gasteiger partial charge in [-0.3, -0.25) is 9.59 Å². The molecule has 1 aromatic carbocycles. The van der Waals surface area contributed by atoms with Crippen LogP contribution < -0.4 is 16.0 Å². The highest BCUT2D eigenvalue weighted by Crippen LogP contribution is 2.13. The summed E-state index contributed by atoms with van der Waals surface area (Å²) in [6, 6.07) is 12.1. The van der Waals surface area contributed by atoms with Crippen LogP contribution in [0, 0.1) is 0 Å². The van der Waals surface area contributed by atoms with Crippen molar-refractivity contribution in [2.24, 2.45) is 0 Å². The SMILES string of the molecule is Cl.Cl.O=C(CC1COCCN1)Nc1cccc(C(=O)Nc2ccccn2)c1. The van der Waals surface area contributed by atoms with Crippen LogP contribution in [0.15, 0.2) is 48.7 Å². The number of carbonyl (C=O) groups is 2. The molecule has 1 aromatic heterocycles. The second-order valence-corrected chi connectivity index (χ2v) is 5.73. The third-order valence-corrected chi connectivity index (χ3v) is 3.75. The molecule has 1 aliphatic rings. The number of ether oxygens (including phenoxy) is 1. The summed E-state index contributed by atoms with van der Waals surface area (Å²) in [5.41, 5.74) is 1.03. The van der Waals surface area contributed by atoms with Gasteiger partial charge in [-0.15, -0.1) is 24.8 Å². The van der Waals surface area contributed by atoms with Gasteiger partial charge in [-0.2, -0.15) is 0 Å². The van der Waals surface area contributed by atoms with E-state index < -0.39 is 0 Å². The molecule has 3 N–H and O–H groups in total. The highest BCUT2D eigenvalue weighted by molar-refractivity contribution is 6.04. The van der Waals surface area contributed by atoms with E-state index in [9.17, 15) is 9.59 Å². The number of aromatic nitrogens is 1. The van der Waals surface area contributed by atoms with Crippen molar-refractivity contribution >= 4 is 48.1 Å². The lowest BCUT2D eigenvalue weighted by atomic mass is 10.1. The standard InChI is InChI=1S/C18H20N4O3.2ClH/c23-17(11-15-12-25-9-8-19-15)21-14-5-3-4-13(10-14)18(24)22-16-6-1-2-7-20-16;;/h1-7,10,15,19H,8-9,11-12H2,(H,21,23)(H,20,22,24);2*1H. The Morgan fingerprint density at radius 3 is 2.70 bits per heavy atom. The molecule has 9 heteroatoms. The Bertz CT molecular complexity index is 740. The van der Waals surface area contributed by atoms with Gasteiger partial charge in [-0.1, -0.05) is 12.1 Å². The lowest BCUT2D eigenvalue weighted by molar-refractivity contribution is -0.117. The number of nitrogens with one attached hydrogen (secondary N) is 3. The number of nitrogens with zero attached hydrogens (tertiary/aromatic N) is 1. The van der Waals surface area contributed by atoms with Crippen molar-refractivity contribution in [2.45, 2.75) is 12.5 Å². The Hall–Kier alpha value is -2.19. The average molecular weight is 413 g/mol. The van der Waals surface area contributed by atoms with Gasteiger partial charge in [0.15, 0.2) is 0 Å². The fraction of sp³-hybridized carbons (Fsp3) is 0.278. The van der Waals surface area contributed by atoms with Gasteiger partial charge >= 0.3 is 0 Å². The summed E-state index contributed by atoms with van der Waals surface area (Å²) < 4.78 is 5.34. The number of benzene rings is 1. The topological polar surface area (TPSA) is 92.4 Å². The van der Waals surface area contributed by atoms with E-state index in [0.29, 0.717) is 36.7 Å².